The number of aryl methyl sites for hydroxylation is 2. The van der Waals surface area contributed by atoms with Gasteiger partial charge in [-0.3, -0.25) is 0 Å². The minimum absolute atomic E-state index is 0.585. The highest BCUT2D eigenvalue weighted by Gasteiger charge is 2.22. The van der Waals surface area contributed by atoms with Gasteiger partial charge >= 0.3 is 6.01 Å². The Hall–Kier alpha value is -3.02. The number of aromatic nitrogens is 2. The van der Waals surface area contributed by atoms with E-state index in [1.54, 1.807) is 7.11 Å². The van der Waals surface area contributed by atoms with Crippen molar-refractivity contribution >= 4 is 11.7 Å². The van der Waals surface area contributed by atoms with Crippen LogP contribution in [0.2, 0.25) is 0 Å². The molecule has 6 heteroatoms. The summed E-state index contributed by atoms with van der Waals surface area (Å²) in [5.74, 6) is 1.41. The van der Waals surface area contributed by atoms with Crippen LogP contribution in [0.1, 0.15) is 11.1 Å². The quantitative estimate of drug-likeness (QED) is 0.704. The molecular formula is C21H24N4O2. The van der Waals surface area contributed by atoms with E-state index in [2.05, 4.69) is 52.0 Å². The Labute approximate surface area is 159 Å². The van der Waals surface area contributed by atoms with Crippen LogP contribution in [0.5, 0.6) is 5.75 Å². The van der Waals surface area contributed by atoms with E-state index in [1.807, 2.05) is 24.3 Å². The summed E-state index contributed by atoms with van der Waals surface area (Å²) >= 11 is 0. The predicted molar refractivity (Wildman–Crippen MR) is 107 cm³/mol. The summed E-state index contributed by atoms with van der Waals surface area (Å²) in [7, 11) is 1.65. The van der Waals surface area contributed by atoms with Crippen LogP contribution in [0.3, 0.4) is 0 Å². The van der Waals surface area contributed by atoms with Crippen molar-refractivity contribution in [1.82, 2.24) is 10.1 Å². The van der Waals surface area contributed by atoms with Gasteiger partial charge in [0, 0.05) is 37.4 Å². The second kappa shape index (κ2) is 7.31. The lowest BCUT2D eigenvalue weighted by Gasteiger charge is -2.36. The smallest absolute Gasteiger partial charge is 0.324 e. The molecule has 0 amide bonds. The Kier molecular flexibility index (Phi) is 4.71. The standard InChI is InChI=1S/C21H24N4O2/c1-15-4-5-16(2)19(14-15)24-10-12-25(13-11-24)21-22-20(23-27-21)17-6-8-18(26-3)9-7-17/h4-9,14H,10-13H2,1-3H3. The summed E-state index contributed by atoms with van der Waals surface area (Å²) in [6.45, 7) is 7.89. The summed E-state index contributed by atoms with van der Waals surface area (Å²) in [5, 5.41) is 4.14. The third-order valence-corrected chi connectivity index (χ3v) is 5.02. The van der Waals surface area contributed by atoms with Crippen molar-refractivity contribution in [3.05, 3.63) is 53.6 Å². The van der Waals surface area contributed by atoms with Crippen molar-refractivity contribution in [2.24, 2.45) is 0 Å². The van der Waals surface area contributed by atoms with E-state index in [0.717, 1.165) is 37.5 Å². The highest BCUT2D eigenvalue weighted by atomic mass is 16.5. The molecule has 1 aliphatic rings. The van der Waals surface area contributed by atoms with Crippen molar-refractivity contribution in [2.45, 2.75) is 13.8 Å². The van der Waals surface area contributed by atoms with Crippen LogP contribution in [0.4, 0.5) is 11.7 Å². The van der Waals surface area contributed by atoms with Gasteiger partial charge in [-0.05, 0) is 55.3 Å². The molecule has 140 valence electrons. The summed E-state index contributed by atoms with van der Waals surface area (Å²) in [6.07, 6.45) is 0. The highest BCUT2D eigenvalue weighted by molar-refractivity contribution is 5.58. The first-order chi connectivity index (χ1) is 13.1. The first-order valence-electron chi connectivity index (χ1n) is 9.19. The van der Waals surface area contributed by atoms with E-state index in [4.69, 9.17) is 9.26 Å². The number of hydrogen-bond donors (Lipinski definition) is 0. The third-order valence-electron chi connectivity index (χ3n) is 5.02. The van der Waals surface area contributed by atoms with E-state index in [0.29, 0.717) is 11.8 Å². The molecule has 2 aromatic carbocycles. The van der Waals surface area contributed by atoms with Crippen LogP contribution in [-0.2, 0) is 0 Å². The normalized spacial score (nSPS) is 14.5. The van der Waals surface area contributed by atoms with Gasteiger partial charge < -0.3 is 19.1 Å². The van der Waals surface area contributed by atoms with E-state index in [1.165, 1.54) is 16.8 Å². The molecule has 3 aromatic rings. The molecular weight excluding hydrogens is 340 g/mol. The molecule has 1 saturated heterocycles. The first-order valence-corrected chi connectivity index (χ1v) is 9.19. The zero-order valence-corrected chi connectivity index (χ0v) is 16.0. The van der Waals surface area contributed by atoms with Crippen LogP contribution in [0, 0.1) is 13.8 Å². The van der Waals surface area contributed by atoms with Gasteiger partial charge in [0.2, 0.25) is 5.82 Å². The van der Waals surface area contributed by atoms with E-state index < -0.39 is 0 Å². The fraction of sp³-hybridized carbons (Fsp3) is 0.333. The van der Waals surface area contributed by atoms with Gasteiger partial charge in [-0.2, -0.15) is 4.98 Å². The molecule has 0 saturated carbocycles. The molecule has 0 N–H and O–H groups in total. The van der Waals surface area contributed by atoms with Crippen molar-refractivity contribution in [3.63, 3.8) is 0 Å². The maximum absolute atomic E-state index is 5.51. The number of benzene rings is 2. The summed E-state index contributed by atoms with van der Waals surface area (Å²) in [5.41, 5.74) is 4.84. The van der Waals surface area contributed by atoms with E-state index >= 15 is 0 Å². The van der Waals surface area contributed by atoms with Crippen LogP contribution in [0.15, 0.2) is 47.0 Å². The summed E-state index contributed by atoms with van der Waals surface area (Å²) in [6, 6.07) is 14.9. The van der Waals surface area contributed by atoms with Gasteiger partial charge in [0.05, 0.1) is 7.11 Å². The molecule has 1 fully saturated rings. The molecule has 6 nitrogen and oxygen atoms in total. The zero-order chi connectivity index (χ0) is 18.8. The molecule has 1 aliphatic heterocycles. The minimum Gasteiger partial charge on any atom is -0.497 e. The lowest BCUT2D eigenvalue weighted by Crippen LogP contribution is -2.46. The average Bonchev–Trinajstić information content (AvgIpc) is 3.20. The second-order valence-electron chi connectivity index (χ2n) is 6.89. The van der Waals surface area contributed by atoms with E-state index in [9.17, 15) is 0 Å². The molecule has 2 heterocycles. The Bertz CT molecular complexity index is 912. The molecule has 27 heavy (non-hydrogen) atoms. The number of hydrogen-bond acceptors (Lipinski definition) is 6. The van der Waals surface area contributed by atoms with Gasteiger partial charge in [-0.25, -0.2) is 0 Å². The Balaban J connectivity index is 1.44. The Morgan fingerprint density at radius 3 is 2.33 bits per heavy atom. The second-order valence-corrected chi connectivity index (χ2v) is 6.89. The molecule has 1 aromatic heterocycles. The Morgan fingerprint density at radius 1 is 0.926 bits per heavy atom. The number of anilines is 2. The van der Waals surface area contributed by atoms with Crippen LogP contribution in [0.25, 0.3) is 11.4 Å². The van der Waals surface area contributed by atoms with Gasteiger partial charge in [0.25, 0.3) is 0 Å². The lowest BCUT2D eigenvalue weighted by molar-refractivity contribution is 0.409. The largest absolute Gasteiger partial charge is 0.497 e. The summed E-state index contributed by atoms with van der Waals surface area (Å²) in [4.78, 5) is 9.16. The number of rotatable bonds is 4. The van der Waals surface area contributed by atoms with Crippen LogP contribution < -0.4 is 14.5 Å². The van der Waals surface area contributed by atoms with Crippen LogP contribution >= 0.6 is 0 Å². The van der Waals surface area contributed by atoms with Gasteiger partial charge in [-0.1, -0.05) is 17.3 Å². The number of methoxy groups -OCH3 is 1. The molecule has 0 radical (unpaired) electrons. The average molecular weight is 364 g/mol. The monoisotopic (exact) mass is 364 g/mol. The van der Waals surface area contributed by atoms with E-state index in [-0.39, 0.29) is 0 Å². The van der Waals surface area contributed by atoms with Crippen LogP contribution in [-0.4, -0.2) is 43.4 Å². The van der Waals surface area contributed by atoms with Gasteiger partial charge in [-0.15, -0.1) is 0 Å². The van der Waals surface area contributed by atoms with Crippen molar-refractivity contribution in [2.75, 3.05) is 43.1 Å². The SMILES string of the molecule is COc1ccc(-c2noc(N3CCN(c4cc(C)ccc4C)CC3)n2)cc1. The molecule has 0 unspecified atom stereocenters. The zero-order valence-electron chi connectivity index (χ0n) is 16.0. The number of ether oxygens (including phenoxy) is 1. The first kappa shape index (κ1) is 17.4. The van der Waals surface area contributed by atoms with Crippen molar-refractivity contribution in [3.8, 4) is 17.1 Å². The maximum atomic E-state index is 5.51. The molecule has 0 aliphatic carbocycles. The molecule has 0 spiro atoms. The topological polar surface area (TPSA) is 54.6 Å². The molecule has 4 rings (SSSR count). The molecule has 0 atom stereocenters. The third kappa shape index (κ3) is 3.60. The Morgan fingerprint density at radius 2 is 1.63 bits per heavy atom. The summed E-state index contributed by atoms with van der Waals surface area (Å²) < 4.78 is 10.7. The van der Waals surface area contributed by atoms with Gasteiger partial charge in [0.1, 0.15) is 5.75 Å². The molecule has 0 bridgehead atoms. The van der Waals surface area contributed by atoms with Crippen molar-refractivity contribution < 1.29 is 9.26 Å². The fourth-order valence-corrected chi connectivity index (χ4v) is 3.40. The van der Waals surface area contributed by atoms with Gasteiger partial charge in [0.15, 0.2) is 0 Å². The number of piperazine rings is 1. The van der Waals surface area contributed by atoms with Crippen molar-refractivity contribution in [1.29, 1.82) is 0 Å². The highest BCUT2D eigenvalue weighted by Crippen LogP contribution is 2.26. The minimum atomic E-state index is 0.585. The number of nitrogens with zero attached hydrogens (tertiary/aromatic N) is 4. The fourth-order valence-electron chi connectivity index (χ4n) is 3.40. The lowest BCUT2D eigenvalue weighted by atomic mass is 10.1. The maximum Gasteiger partial charge on any atom is 0.324 e. The predicted octanol–water partition coefficient (Wildman–Crippen LogP) is 3.69.